The van der Waals surface area contributed by atoms with E-state index in [4.69, 9.17) is 10.8 Å². The number of carboxylic acid groups (broad SMARTS) is 1. The Morgan fingerprint density at radius 1 is 1.24 bits per heavy atom. The molecule has 6 heteroatoms. The number of hydrogen-bond acceptors (Lipinski definition) is 3. The number of amides is 1. The van der Waals surface area contributed by atoms with Crippen molar-refractivity contribution >= 4 is 24.3 Å². The molecule has 0 heterocycles. The van der Waals surface area contributed by atoms with Gasteiger partial charge in [-0.25, -0.2) is 0 Å². The van der Waals surface area contributed by atoms with Gasteiger partial charge < -0.3 is 16.6 Å². The van der Waals surface area contributed by atoms with Gasteiger partial charge in [0.2, 0.25) is 5.91 Å². The molecule has 1 saturated carbocycles. The minimum absolute atomic E-state index is 0. The van der Waals surface area contributed by atoms with E-state index in [9.17, 15) is 9.59 Å². The van der Waals surface area contributed by atoms with E-state index in [1.54, 1.807) is 6.92 Å². The van der Waals surface area contributed by atoms with Crippen LogP contribution in [-0.4, -0.2) is 23.5 Å². The Kier molecular flexibility index (Phi) is 11.3. The Labute approximate surface area is 108 Å². The van der Waals surface area contributed by atoms with Crippen LogP contribution in [0.4, 0.5) is 0 Å². The fraction of sp³-hybridized carbons (Fsp3) is 0.818. The molecule has 1 rings (SSSR count). The van der Waals surface area contributed by atoms with Crippen LogP contribution in [0.3, 0.4) is 0 Å². The Morgan fingerprint density at radius 3 is 1.88 bits per heavy atom. The lowest BCUT2D eigenvalue weighted by molar-refractivity contribution is -0.143. The highest BCUT2D eigenvalue weighted by Crippen LogP contribution is 2.27. The number of aliphatic carboxylic acids is 1. The summed E-state index contributed by atoms with van der Waals surface area (Å²) < 4.78 is 0. The van der Waals surface area contributed by atoms with Crippen molar-refractivity contribution in [2.24, 2.45) is 23.3 Å². The zero-order chi connectivity index (χ0) is 12.6. The normalized spacial score (nSPS) is 22.7. The number of carbonyl (C=O) groups excluding carboxylic acids is 1. The van der Waals surface area contributed by atoms with Crippen molar-refractivity contribution in [3.8, 4) is 0 Å². The van der Waals surface area contributed by atoms with E-state index in [2.05, 4.69) is 5.73 Å². The first-order valence-electron chi connectivity index (χ1n) is 5.72. The third kappa shape index (κ3) is 8.94. The highest BCUT2D eigenvalue weighted by molar-refractivity contribution is 5.85. The third-order valence-corrected chi connectivity index (χ3v) is 2.88. The van der Waals surface area contributed by atoms with Gasteiger partial charge in [-0.3, -0.25) is 9.59 Å². The standard InChI is InChI=1S/C8H15NO2.C3H7NO.ClH/c9-5-6-1-3-7(4-2-6)8(10)11;1-2-3(4)5;/h6-7H,1-5,9H2,(H,10,11);2H2,1H3,(H2,4,5);1H. The summed E-state index contributed by atoms with van der Waals surface area (Å²) in [5.74, 6) is -0.408. The second-order valence-electron chi connectivity index (χ2n) is 4.11. The van der Waals surface area contributed by atoms with E-state index in [1.807, 2.05) is 0 Å². The molecule has 1 aliphatic carbocycles. The molecule has 1 aliphatic rings. The summed E-state index contributed by atoms with van der Waals surface area (Å²) >= 11 is 0. The molecular weight excluding hydrogens is 244 g/mol. The molecule has 17 heavy (non-hydrogen) atoms. The predicted octanol–water partition coefficient (Wildman–Crippen LogP) is 1.14. The summed E-state index contributed by atoms with van der Waals surface area (Å²) in [4.78, 5) is 20.1. The van der Waals surface area contributed by atoms with Crippen molar-refractivity contribution in [1.82, 2.24) is 0 Å². The van der Waals surface area contributed by atoms with Crippen molar-refractivity contribution < 1.29 is 14.7 Å². The smallest absolute Gasteiger partial charge is 0.306 e. The van der Waals surface area contributed by atoms with Crippen molar-refractivity contribution in [2.75, 3.05) is 6.54 Å². The fourth-order valence-corrected chi connectivity index (χ4v) is 1.65. The molecule has 0 saturated heterocycles. The van der Waals surface area contributed by atoms with Crippen LogP contribution in [-0.2, 0) is 9.59 Å². The van der Waals surface area contributed by atoms with Crippen LogP contribution < -0.4 is 11.5 Å². The van der Waals surface area contributed by atoms with E-state index in [1.165, 1.54) is 0 Å². The number of carbonyl (C=O) groups is 2. The lowest BCUT2D eigenvalue weighted by Gasteiger charge is -2.24. The van der Waals surface area contributed by atoms with Crippen molar-refractivity contribution in [3.05, 3.63) is 0 Å². The van der Waals surface area contributed by atoms with Gasteiger partial charge in [0.15, 0.2) is 0 Å². The van der Waals surface area contributed by atoms with Gasteiger partial charge in [-0.05, 0) is 38.1 Å². The Morgan fingerprint density at radius 2 is 1.65 bits per heavy atom. The largest absolute Gasteiger partial charge is 0.481 e. The topological polar surface area (TPSA) is 106 Å². The molecule has 1 fully saturated rings. The van der Waals surface area contributed by atoms with Crippen LogP contribution >= 0.6 is 12.4 Å². The van der Waals surface area contributed by atoms with Crippen molar-refractivity contribution in [2.45, 2.75) is 39.0 Å². The molecule has 5 N–H and O–H groups in total. The lowest BCUT2D eigenvalue weighted by atomic mass is 9.82. The van der Waals surface area contributed by atoms with Crippen LogP contribution in [0.2, 0.25) is 0 Å². The maximum absolute atomic E-state index is 10.5. The van der Waals surface area contributed by atoms with Crippen LogP contribution in [0.5, 0.6) is 0 Å². The Balaban J connectivity index is 0. The van der Waals surface area contributed by atoms with Gasteiger partial charge in [0, 0.05) is 6.42 Å². The highest BCUT2D eigenvalue weighted by atomic mass is 35.5. The van der Waals surface area contributed by atoms with Crippen LogP contribution in [0.1, 0.15) is 39.0 Å². The van der Waals surface area contributed by atoms with Gasteiger partial charge in [0.05, 0.1) is 5.92 Å². The summed E-state index contributed by atoms with van der Waals surface area (Å²) in [5, 5.41) is 8.67. The quantitative estimate of drug-likeness (QED) is 0.712. The summed E-state index contributed by atoms with van der Waals surface area (Å²) in [6.07, 6.45) is 4.06. The van der Waals surface area contributed by atoms with E-state index in [0.29, 0.717) is 18.9 Å². The molecule has 5 nitrogen and oxygen atoms in total. The average molecular weight is 267 g/mol. The van der Waals surface area contributed by atoms with Gasteiger partial charge in [-0.2, -0.15) is 0 Å². The third-order valence-electron chi connectivity index (χ3n) is 2.88. The van der Waals surface area contributed by atoms with Gasteiger partial charge >= 0.3 is 5.97 Å². The van der Waals surface area contributed by atoms with Crippen LogP contribution in [0.15, 0.2) is 0 Å². The lowest BCUT2D eigenvalue weighted by Crippen LogP contribution is -2.25. The first kappa shape index (κ1) is 18.6. The number of carboxylic acids is 1. The number of primary amides is 1. The number of hydrogen-bond donors (Lipinski definition) is 3. The first-order valence-corrected chi connectivity index (χ1v) is 5.72. The van der Waals surface area contributed by atoms with Gasteiger partial charge in [-0.15, -0.1) is 12.4 Å². The minimum atomic E-state index is -0.638. The summed E-state index contributed by atoms with van der Waals surface area (Å²) in [6.45, 7) is 2.44. The van der Waals surface area contributed by atoms with E-state index < -0.39 is 5.97 Å². The molecule has 0 aliphatic heterocycles. The molecule has 0 atom stereocenters. The molecule has 0 aromatic carbocycles. The van der Waals surface area contributed by atoms with E-state index in [0.717, 1.165) is 25.7 Å². The second kappa shape index (κ2) is 10.4. The van der Waals surface area contributed by atoms with Gasteiger partial charge in [0.25, 0.3) is 0 Å². The summed E-state index contributed by atoms with van der Waals surface area (Å²) in [7, 11) is 0. The fourth-order valence-electron chi connectivity index (χ4n) is 1.65. The molecule has 0 radical (unpaired) electrons. The maximum atomic E-state index is 10.5. The summed E-state index contributed by atoms with van der Waals surface area (Å²) in [6, 6.07) is 0. The SMILES string of the molecule is CCC(N)=O.Cl.NCC1CCC(C(=O)O)CC1. The molecule has 1 amide bonds. The molecule has 102 valence electrons. The Hall–Kier alpha value is -0.810. The van der Waals surface area contributed by atoms with Crippen LogP contribution in [0, 0.1) is 11.8 Å². The number of rotatable bonds is 3. The molecule has 0 unspecified atom stereocenters. The highest BCUT2D eigenvalue weighted by Gasteiger charge is 2.24. The monoisotopic (exact) mass is 266 g/mol. The zero-order valence-electron chi connectivity index (χ0n) is 10.2. The average Bonchev–Trinajstić information content (AvgIpc) is 2.29. The molecule has 0 aromatic rings. The van der Waals surface area contributed by atoms with Gasteiger partial charge in [-0.1, -0.05) is 6.92 Å². The maximum Gasteiger partial charge on any atom is 0.306 e. The Bertz CT molecular complexity index is 229. The predicted molar refractivity (Wildman–Crippen MR) is 68.9 cm³/mol. The number of nitrogens with two attached hydrogens (primary N) is 2. The number of halogens is 1. The second-order valence-corrected chi connectivity index (χ2v) is 4.11. The summed E-state index contributed by atoms with van der Waals surface area (Å²) in [5.41, 5.74) is 10.1. The molecule has 0 bridgehead atoms. The first-order chi connectivity index (χ1) is 7.51. The van der Waals surface area contributed by atoms with E-state index >= 15 is 0 Å². The van der Waals surface area contributed by atoms with Gasteiger partial charge in [0.1, 0.15) is 0 Å². The molecular formula is C11H23ClN2O3. The molecule has 0 spiro atoms. The zero-order valence-corrected chi connectivity index (χ0v) is 11.0. The molecule has 0 aromatic heterocycles. The minimum Gasteiger partial charge on any atom is -0.481 e. The van der Waals surface area contributed by atoms with Crippen LogP contribution in [0.25, 0.3) is 0 Å². The van der Waals surface area contributed by atoms with E-state index in [-0.39, 0.29) is 24.2 Å². The van der Waals surface area contributed by atoms with Crippen molar-refractivity contribution in [1.29, 1.82) is 0 Å². The van der Waals surface area contributed by atoms with Crippen molar-refractivity contribution in [3.63, 3.8) is 0 Å².